The van der Waals surface area contributed by atoms with Gasteiger partial charge >= 0.3 is 6.03 Å². The second-order valence-electron chi connectivity index (χ2n) is 13.1. The number of aromatic nitrogens is 1. The number of carbonyl (C=O) groups excluding carboxylic acids is 2. The number of rotatable bonds is 10. The molecule has 1 aromatic heterocycles. The molecule has 51 heavy (non-hydrogen) atoms. The second-order valence-corrected chi connectivity index (χ2v) is 15.3. The van der Waals surface area contributed by atoms with Gasteiger partial charge in [0.25, 0.3) is 15.9 Å². The molecule has 6 rings (SSSR count). The molecule has 2 saturated heterocycles. The zero-order chi connectivity index (χ0) is 36.5. The van der Waals surface area contributed by atoms with E-state index in [0.29, 0.717) is 42.3 Å². The van der Waals surface area contributed by atoms with Gasteiger partial charge in [-0.1, -0.05) is 18.5 Å². The Balaban J connectivity index is 1.42. The van der Waals surface area contributed by atoms with Gasteiger partial charge in [0.15, 0.2) is 5.54 Å². The molecule has 1 unspecified atom stereocenters. The first kappa shape index (κ1) is 36.7. The summed E-state index contributed by atoms with van der Waals surface area (Å²) in [5.74, 6) is -0.544. The Labute approximate surface area is 304 Å². The number of methoxy groups -OCH3 is 2. The molecule has 0 spiro atoms. The Hall–Kier alpha value is -4.11. The number of fused-ring (bicyclic) bond motifs is 1. The number of hydrogen-bond acceptors (Lipinski definition) is 10. The van der Waals surface area contributed by atoms with Gasteiger partial charge in [-0.05, 0) is 88.8 Å². The molecule has 3 aliphatic rings. The highest BCUT2D eigenvalue weighted by molar-refractivity contribution is 7.93. The summed E-state index contributed by atoms with van der Waals surface area (Å²) in [6, 6.07) is 11.8. The standard InChI is InChI=1S/C36H45ClN6O7S/c1-6-40-16-13-26(14-17-40)41-18-20-42(21-19-41)35(45)39-36(28-8-7-15-38-33(28)50-24(2)3)29-22-25(37)9-11-30(29)43(34(36)44)51(46,47)32-12-10-27(48-4)23-31(32)49-5/h7-12,15,22-24,26H,6,13-14,16-21H2,1-5H3,(H,39,45). The second kappa shape index (κ2) is 14.9. The number of ether oxygens (including phenoxy) is 3. The van der Waals surface area contributed by atoms with E-state index in [4.69, 9.17) is 25.8 Å². The third-order valence-electron chi connectivity index (χ3n) is 9.91. The van der Waals surface area contributed by atoms with E-state index in [0.717, 1.165) is 32.5 Å². The quantitative estimate of drug-likeness (QED) is 0.320. The number of nitrogens with zero attached hydrogens (tertiary/aromatic N) is 5. The highest BCUT2D eigenvalue weighted by Gasteiger charge is 2.59. The van der Waals surface area contributed by atoms with Crippen LogP contribution in [0.15, 0.2) is 59.6 Å². The minimum Gasteiger partial charge on any atom is -0.497 e. The largest absolute Gasteiger partial charge is 0.497 e. The van der Waals surface area contributed by atoms with Crippen LogP contribution in [0.1, 0.15) is 44.7 Å². The predicted octanol–water partition coefficient (Wildman–Crippen LogP) is 4.33. The molecule has 0 aliphatic carbocycles. The van der Waals surface area contributed by atoms with Gasteiger partial charge in [0, 0.05) is 55.1 Å². The topological polar surface area (TPSA) is 134 Å². The zero-order valence-corrected chi connectivity index (χ0v) is 31.2. The molecule has 15 heteroatoms. The lowest BCUT2D eigenvalue weighted by molar-refractivity contribution is -0.121. The lowest BCUT2D eigenvalue weighted by atomic mass is 9.84. The van der Waals surface area contributed by atoms with Crippen LogP contribution in [0.4, 0.5) is 10.5 Å². The van der Waals surface area contributed by atoms with E-state index in [-0.39, 0.29) is 44.5 Å². The molecule has 274 valence electrons. The number of piperazine rings is 1. The summed E-state index contributed by atoms with van der Waals surface area (Å²) in [6.07, 6.45) is 3.31. The van der Waals surface area contributed by atoms with Crippen LogP contribution in [0.2, 0.25) is 5.02 Å². The van der Waals surface area contributed by atoms with Crippen molar-refractivity contribution < 1.29 is 32.2 Å². The Kier molecular flexibility index (Phi) is 10.7. The Morgan fingerprint density at radius 1 is 1.00 bits per heavy atom. The zero-order valence-electron chi connectivity index (χ0n) is 29.6. The molecule has 4 heterocycles. The average molecular weight is 741 g/mol. The van der Waals surface area contributed by atoms with Crippen molar-refractivity contribution in [2.75, 3.05) is 64.3 Å². The summed E-state index contributed by atoms with van der Waals surface area (Å²) in [4.78, 5) is 40.3. The number of likely N-dealkylation sites (tertiary alicyclic amines) is 1. The third-order valence-corrected chi connectivity index (χ3v) is 11.9. The van der Waals surface area contributed by atoms with Crippen molar-refractivity contribution in [3.63, 3.8) is 0 Å². The summed E-state index contributed by atoms with van der Waals surface area (Å²) in [7, 11) is -1.88. The highest BCUT2D eigenvalue weighted by Crippen LogP contribution is 2.50. The van der Waals surface area contributed by atoms with Crippen LogP contribution in [0.3, 0.4) is 0 Å². The van der Waals surface area contributed by atoms with E-state index < -0.39 is 27.5 Å². The fourth-order valence-electron chi connectivity index (χ4n) is 7.26. The fraction of sp³-hybridized carbons (Fsp3) is 0.472. The van der Waals surface area contributed by atoms with Gasteiger partial charge in [-0.15, -0.1) is 0 Å². The van der Waals surface area contributed by atoms with E-state index in [9.17, 15) is 13.2 Å². The normalized spacial score (nSPS) is 20.4. The summed E-state index contributed by atoms with van der Waals surface area (Å²) in [5, 5.41) is 3.25. The number of anilines is 1. The Morgan fingerprint density at radius 2 is 1.73 bits per heavy atom. The van der Waals surface area contributed by atoms with Crippen molar-refractivity contribution in [3.05, 3.63) is 70.9 Å². The maximum atomic E-state index is 15.2. The van der Waals surface area contributed by atoms with Crippen LogP contribution in [0.25, 0.3) is 0 Å². The van der Waals surface area contributed by atoms with E-state index in [2.05, 4.69) is 27.0 Å². The lowest BCUT2D eigenvalue weighted by Crippen LogP contribution is -2.61. The van der Waals surface area contributed by atoms with Crippen LogP contribution >= 0.6 is 11.6 Å². The van der Waals surface area contributed by atoms with Crippen LogP contribution in [-0.2, 0) is 20.4 Å². The number of amides is 3. The third kappa shape index (κ3) is 6.82. The fourth-order valence-corrected chi connectivity index (χ4v) is 9.04. The number of urea groups is 1. The molecule has 13 nitrogen and oxygen atoms in total. The van der Waals surface area contributed by atoms with Gasteiger partial charge in [0.2, 0.25) is 5.88 Å². The summed E-state index contributed by atoms with van der Waals surface area (Å²) >= 11 is 6.57. The molecule has 0 saturated carbocycles. The molecule has 2 aromatic carbocycles. The van der Waals surface area contributed by atoms with Crippen molar-refractivity contribution in [1.82, 2.24) is 25.0 Å². The predicted molar refractivity (Wildman–Crippen MR) is 193 cm³/mol. The molecule has 0 radical (unpaired) electrons. The van der Waals surface area contributed by atoms with Gasteiger partial charge in [0.05, 0.1) is 31.6 Å². The molecule has 3 aromatic rings. The first-order chi connectivity index (χ1) is 24.4. The van der Waals surface area contributed by atoms with Crippen LogP contribution < -0.4 is 23.8 Å². The summed E-state index contributed by atoms with van der Waals surface area (Å²) in [5.41, 5.74) is -1.74. The average Bonchev–Trinajstić information content (AvgIpc) is 3.38. The van der Waals surface area contributed by atoms with Crippen molar-refractivity contribution in [1.29, 1.82) is 0 Å². The number of sulfonamides is 1. The Bertz CT molecular complexity index is 1880. The lowest BCUT2D eigenvalue weighted by Gasteiger charge is -2.43. The van der Waals surface area contributed by atoms with Crippen molar-refractivity contribution in [3.8, 4) is 17.4 Å². The highest BCUT2D eigenvalue weighted by atomic mass is 35.5. The summed E-state index contributed by atoms with van der Waals surface area (Å²) in [6.45, 7) is 11.2. The molecule has 0 bridgehead atoms. The number of pyridine rings is 1. The number of halogens is 1. The number of nitrogens with one attached hydrogen (secondary N) is 1. The first-order valence-electron chi connectivity index (χ1n) is 17.2. The smallest absolute Gasteiger partial charge is 0.318 e. The van der Waals surface area contributed by atoms with Crippen molar-refractivity contribution >= 4 is 39.2 Å². The van der Waals surface area contributed by atoms with Gasteiger partial charge in [-0.2, -0.15) is 4.31 Å². The molecule has 3 amide bonds. The van der Waals surface area contributed by atoms with Crippen molar-refractivity contribution in [2.24, 2.45) is 0 Å². The number of hydrogen-bond donors (Lipinski definition) is 1. The number of benzene rings is 2. The van der Waals surface area contributed by atoms with E-state index >= 15 is 4.79 Å². The minimum atomic E-state index is -4.66. The Morgan fingerprint density at radius 3 is 2.37 bits per heavy atom. The van der Waals surface area contributed by atoms with E-state index in [1.54, 1.807) is 17.0 Å². The van der Waals surface area contributed by atoms with E-state index in [1.165, 1.54) is 56.8 Å². The summed E-state index contributed by atoms with van der Waals surface area (Å²) < 4.78 is 46.8. The molecular formula is C36H45ClN6O7S. The molecule has 1 atom stereocenters. The molecule has 3 aliphatic heterocycles. The number of carbonyl (C=O) groups is 2. The van der Waals surface area contributed by atoms with Crippen molar-refractivity contribution in [2.45, 2.75) is 56.2 Å². The van der Waals surface area contributed by atoms with Gasteiger partial charge < -0.3 is 29.3 Å². The van der Waals surface area contributed by atoms with Gasteiger partial charge in [-0.25, -0.2) is 18.2 Å². The SMILES string of the molecule is CCN1CCC(N2CCN(C(=O)NC3(c4cccnc4OC(C)C)C(=O)N(S(=O)(=O)c4ccc(OC)cc4OC)c4ccc(Cl)cc43)CC2)CC1. The number of piperidine rings is 1. The van der Waals surface area contributed by atoms with Crippen LogP contribution in [0, 0.1) is 0 Å². The maximum Gasteiger partial charge on any atom is 0.318 e. The molecule has 2 fully saturated rings. The van der Waals surface area contributed by atoms with Gasteiger partial charge in [0.1, 0.15) is 16.4 Å². The maximum absolute atomic E-state index is 15.2. The van der Waals surface area contributed by atoms with Crippen LogP contribution in [0.5, 0.6) is 17.4 Å². The van der Waals surface area contributed by atoms with Gasteiger partial charge in [-0.3, -0.25) is 9.69 Å². The molecule has 1 N–H and O–H groups in total. The minimum absolute atomic E-state index is 0.0187. The molecular weight excluding hydrogens is 696 g/mol. The van der Waals surface area contributed by atoms with Crippen LogP contribution in [-0.4, -0.2) is 112 Å². The monoisotopic (exact) mass is 740 g/mol. The first-order valence-corrected chi connectivity index (χ1v) is 19.0. The van der Waals surface area contributed by atoms with E-state index in [1.807, 2.05) is 13.8 Å².